The molecule has 0 aromatic heterocycles. The summed E-state index contributed by atoms with van der Waals surface area (Å²) in [6.07, 6.45) is 8.92. The molecule has 3 N–H and O–H groups in total. The van der Waals surface area contributed by atoms with Gasteiger partial charge in [-0.3, -0.25) is 0 Å². The van der Waals surface area contributed by atoms with Crippen LogP contribution in [0.25, 0.3) is 0 Å². The van der Waals surface area contributed by atoms with Gasteiger partial charge >= 0.3 is 6.03 Å². The van der Waals surface area contributed by atoms with Crippen molar-refractivity contribution >= 4 is 6.03 Å². The molecule has 0 aromatic carbocycles. The van der Waals surface area contributed by atoms with Gasteiger partial charge in [0, 0.05) is 38.3 Å². The lowest BCUT2D eigenvalue weighted by Crippen LogP contribution is -2.52. The van der Waals surface area contributed by atoms with Crippen molar-refractivity contribution < 1.29 is 9.90 Å². The number of aliphatic hydroxyl groups is 1. The van der Waals surface area contributed by atoms with Crippen LogP contribution in [0.4, 0.5) is 4.79 Å². The van der Waals surface area contributed by atoms with Gasteiger partial charge in [-0.05, 0) is 43.9 Å². The third kappa shape index (κ3) is 6.60. The van der Waals surface area contributed by atoms with Crippen molar-refractivity contribution in [1.82, 2.24) is 15.5 Å². The number of hydrogen-bond acceptors (Lipinski definition) is 3. The van der Waals surface area contributed by atoms with Crippen LogP contribution in [0.5, 0.6) is 0 Å². The summed E-state index contributed by atoms with van der Waals surface area (Å²) < 4.78 is 0. The first-order valence-corrected chi connectivity index (χ1v) is 9.98. The maximum Gasteiger partial charge on any atom is 0.315 e. The minimum absolute atomic E-state index is 0.0404. The Morgan fingerprint density at radius 2 is 1.79 bits per heavy atom. The Hall–Kier alpha value is -0.810. The van der Waals surface area contributed by atoms with Gasteiger partial charge < -0.3 is 20.6 Å². The molecule has 1 aliphatic heterocycles. The second kappa shape index (κ2) is 10.2. The number of aliphatic hydroxyl groups excluding tert-OH is 1. The zero-order chi connectivity index (χ0) is 17.4. The van der Waals surface area contributed by atoms with Crippen LogP contribution in [-0.4, -0.2) is 54.4 Å². The van der Waals surface area contributed by atoms with E-state index in [-0.39, 0.29) is 24.7 Å². The number of likely N-dealkylation sites (tertiary alicyclic amines) is 1. The monoisotopic (exact) mass is 339 g/mol. The number of nitrogens with one attached hydrogen (secondary N) is 2. The lowest BCUT2D eigenvalue weighted by molar-refractivity contribution is 0.171. The molecule has 2 fully saturated rings. The van der Waals surface area contributed by atoms with Crippen molar-refractivity contribution in [3.8, 4) is 0 Å². The SMILES string of the molecule is CC(C)CN1CCC(NC(=O)NC(CCO)C2CCCCC2)CC1. The predicted molar refractivity (Wildman–Crippen MR) is 98.0 cm³/mol. The van der Waals surface area contributed by atoms with E-state index in [9.17, 15) is 9.90 Å². The zero-order valence-electron chi connectivity index (χ0n) is 15.6. The van der Waals surface area contributed by atoms with Crippen LogP contribution in [0.15, 0.2) is 0 Å². The summed E-state index contributed by atoms with van der Waals surface area (Å²) in [5.74, 6) is 1.23. The van der Waals surface area contributed by atoms with Gasteiger partial charge in [-0.2, -0.15) is 0 Å². The van der Waals surface area contributed by atoms with E-state index in [1.54, 1.807) is 0 Å². The first-order chi connectivity index (χ1) is 11.6. The first kappa shape index (κ1) is 19.5. The van der Waals surface area contributed by atoms with Gasteiger partial charge in [0.2, 0.25) is 0 Å². The molecule has 2 rings (SSSR count). The molecule has 0 bridgehead atoms. The van der Waals surface area contributed by atoms with Crippen LogP contribution in [0.3, 0.4) is 0 Å². The van der Waals surface area contributed by atoms with Crippen molar-refractivity contribution in [1.29, 1.82) is 0 Å². The van der Waals surface area contributed by atoms with Gasteiger partial charge in [0.1, 0.15) is 0 Å². The van der Waals surface area contributed by atoms with E-state index >= 15 is 0 Å². The molecule has 140 valence electrons. The molecule has 5 heteroatoms. The molecule has 24 heavy (non-hydrogen) atoms. The Labute approximate surface area is 147 Å². The summed E-state index contributed by atoms with van der Waals surface area (Å²) in [5.41, 5.74) is 0. The lowest BCUT2D eigenvalue weighted by atomic mass is 9.83. The molecule has 0 aromatic rings. The molecule has 0 radical (unpaired) electrons. The van der Waals surface area contributed by atoms with E-state index in [2.05, 4.69) is 29.4 Å². The molecule has 2 amide bonds. The van der Waals surface area contributed by atoms with E-state index in [1.165, 1.54) is 32.1 Å². The van der Waals surface area contributed by atoms with Crippen LogP contribution in [0, 0.1) is 11.8 Å². The van der Waals surface area contributed by atoms with Gasteiger partial charge in [-0.1, -0.05) is 33.1 Å². The predicted octanol–water partition coefficient (Wildman–Crippen LogP) is 2.74. The molecular weight excluding hydrogens is 302 g/mol. The van der Waals surface area contributed by atoms with E-state index in [4.69, 9.17) is 0 Å². The van der Waals surface area contributed by atoms with Crippen molar-refractivity contribution in [3.63, 3.8) is 0 Å². The van der Waals surface area contributed by atoms with Crippen molar-refractivity contribution in [2.24, 2.45) is 11.8 Å². The number of rotatable bonds is 7. The number of carbonyl (C=O) groups excluding carboxylic acids is 1. The van der Waals surface area contributed by atoms with Gasteiger partial charge in [0.15, 0.2) is 0 Å². The maximum atomic E-state index is 12.4. The highest BCUT2D eigenvalue weighted by molar-refractivity contribution is 5.74. The van der Waals surface area contributed by atoms with Crippen LogP contribution in [0.2, 0.25) is 0 Å². The van der Waals surface area contributed by atoms with Crippen molar-refractivity contribution in [2.75, 3.05) is 26.2 Å². The summed E-state index contributed by atoms with van der Waals surface area (Å²) in [7, 11) is 0. The van der Waals surface area contributed by atoms with Gasteiger partial charge in [0.25, 0.3) is 0 Å². The average Bonchev–Trinajstić information content (AvgIpc) is 2.56. The van der Waals surface area contributed by atoms with Gasteiger partial charge in [-0.15, -0.1) is 0 Å². The summed E-state index contributed by atoms with van der Waals surface area (Å²) in [6, 6.07) is 0.368. The third-order valence-electron chi connectivity index (χ3n) is 5.52. The van der Waals surface area contributed by atoms with Crippen molar-refractivity contribution in [3.05, 3.63) is 0 Å². The van der Waals surface area contributed by atoms with Gasteiger partial charge in [0.05, 0.1) is 0 Å². The summed E-state index contributed by atoms with van der Waals surface area (Å²) >= 11 is 0. The van der Waals surface area contributed by atoms with Crippen LogP contribution < -0.4 is 10.6 Å². The molecule has 1 heterocycles. The number of amides is 2. The Kier molecular flexibility index (Phi) is 8.33. The normalized spacial score (nSPS) is 22.5. The average molecular weight is 340 g/mol. The molecular formula is C19H37N3O2. The second-order valence-corrected chi connectivity index (χ2v) is 8.10. The van der Waals surface area contributed by atoms with E-state index in [0.717, 1.165) is 32.5 Å². The highest BCUT2D eigenvalue weighted by Gasteiger charge is 2.26. The van der Waals surface area contributed by atoms with Crippen LogP contribution in [-0.2, 0) is 0 Å². The molecule has 2 aliphatic rings. The Morgan fingerprint density at radius 3 is 2.38 bits per heavy atom. The molecule has 5 nitrogen and oxygen atoms in total. The summed E-state index contributed by atoms with van der Waals surface area (Å²) in [6.45, 7) is 7.96. The smallest absolute Gasteiger partial charge is 0.315 e. The summed E-state index contributed by atoms with van der Waals surface area (Å²) in [4.78, 5) is 14.9. The minimum Gasteiger partial charge on any atom is -0.396 e. The fraction of sp³-hybridized carbons (Fsp3) is 0.947. The summed E-state index contributed by atoms with van der Waals surface area (Å²) in [5, 5.41) is 15.6. The van der Waals surface area contributed by atoms with Gasteiger partial charge in [-0.25, -0.2) is 4.79 Å². The molecule has 1 atom stereocenters. The Morgan fingerprint density at radius 1 is 1.12 bits per heavy atom. The second-order valence-electron chi connectivity index (χ2n) is 8.10. The lowest BCUT2D eigenvalue weighted by Gasteiger charge is -2.34. The largest absolute Gasteiger partial charge is 0.396 e. The number of hydrogen-bond donors (Lipinski definition) is 3. The maximum absolute atomic E-state index is 12.4. The number of carbonyl (C=O) groups is 1. The number of urea groups is 1. The standard InChI is InChI=1S/C19H37N3O2/c1-15(2)14-22-11-8-17(9-12-22)20-19(24)21-18(10-13-23)16-6-4-3-5-7-16/h15-18,23H,3-14H2,1-2H3,(H2,20,21,24). The quantitative estimate of drug-likeness (QED) is 0.668. The minimum atomic E-state index is -0.0404. The first-order valence-electron chi connectivity index (χ1n) is 9.98. The Bertz CT molecular complexity index is 362. The van der Waals surface area contributed by atoms with Crippen LogP contribution >= 0.6 is 0 Å². The molecule has 1 saturated carbocycles. The van der Waals surface area contributed by atoms with E-state index < -0.39 is 0 Å². The number of nitrogens with zero attached hydrogens (tertiary/aromatic N) is 1. The van der Waals surface area contributed by atoms with Crippen LogP contribution in [0.1, 0.15) is 65.2 Å². The van der Waals surface area contributed by atoms with E-state index in [0.29, 0.717) is 18.3 Å². The highest BCUT2D eigenvalue weighted by Crippen LogP contribution is 2.27. The topological polar surface area (TPSA) is 64.6 Å². The highest BCUT2D eigenvalue weighted by atomic mass is 16.3. The van der Waals surface area contributed by atoms with E-state index in [1.807, 2.05) is 0 Å². The number of piperidine rings is 1. The van der Waals surface area contributed by atoms with Crippen molar-refractivity contribution in [2.45, 2.75) is 77.3 Å². The third-order valence-corrected chi connectivity index (χ3v) is 5.52. The molecule has 1 aliphatic carbocycles. The molecule has 1 saturated heterocycles. The Balaban J connectivity index is 1.73. The zero-order valence-corrected chi connectivity index (χ0v) is 15.6. The molecule has 1 unspecified atom stereocenters. The fourth-order valence-electron chi connectivity index (χ4n) is 4.27. The molecule has 0 spiro atoms. The fourth-order valence-corrected chi connectivity index (χ4v) is 4.27.